The molecule has 1 saturated heterocycles. The summed E-state index contributed by atoms with van der Waals surface area (Å²) in [6.45, 7) is 2.52. The lowest BCUT2D eigenvalue weighted by Gasteiger charge is -2.43. The Morgan fingerprint density at radius 1 is 0.905 bits per heavy atom. The molecule has 0 amide bonds. The Kier molecular flexibility index (Phi) is 7.03. The molecular weight excluding hydrogens is 284 g/mol. The largest absolute Gasteiger partial charge is 0.463 e. The zero-order valence-corrected chi connectivity index (χ0v) is 12.9. The van der Waals surface area contributed by atoms with Crippen LogP contribution in [0.2, 0.25) is 0 Å². The van der Waals surface area contributed by atoms with Crippen molar-refractivity contribution < 1.29 is 38.0 Å². The molecule has 0 aliphatic carbocycles. The predicted molar refractivity (Wildman–Crippen MR) is 69.5 cm³/mol. The first-order chi connectivity index (χ1) is 9.94. The summed E-state index contributed by atoms with van der Waals surface area (Å²) in [6.07, 6.45) is -3.34. The molecule has 8 heteroatoms. The molecule has 0 N–H and O–H groups in total. The SMILES string of the molecule is CO[C@H]1[C@H](OC)[C@@H](OC)C(OC(C)=O)O[C@@H]1COC(C)=O. The van der Waals surface area contributed by atoms with E-state index in [1.807, 2.05) is 0 Å². The number of hydrogen-bond donors (Lipinski definition) is 0. The van der Waals surface area contributed by atoms with Crippen LogP contribution in [0.1, 0.15) is 13.8 Å². The fourth-order valence-corrected chi connectivity index (χ4v) is 2.27. The molecule has 21 heavy (non-hydrogen) atoms. The van der Waals surface area contributed by atoms with Crippen molar-refractivity contribution in [2.24, 2.45) is 0 Å². The van der Waals surface area contributed by atoms with E-state index in [0.29, 0.717) is 0 Å². The molecule has 0 bridgehead atoms. The first-order valence-electron chi connectivity index (χ1n) is 6.49. The van der Waals surface area contributed by atoms with Gasteiger partial charge >= 0.3 is 11.9 Å². The summed E-state index contributed by atoms with van der Waals surface area (Å²) in [4.78, 5) is 22.1. The number of ether oxygens (including phenoxy) is 6. The quantitative estimate of drug-likeness (QED) is 0.628. The molecule has 0 aromatic carbocycles. The van der Waals surface area contributed by atoms with Crippen molar-refractivity contribution in [2.45, 2.75) is 44.6 Å². The first kappa shape index (κ1) is 17.8. The lowest BCUT2D eigenvalue weighted by molar-refractivity contribution is -0.304. The Hall–Kier alpha value is -1.22. The van der Waals surface area contributed by atoms with Crippen LogP contribution in [0.5, 0.6) is 0 Å². The standard InChI is InChI=1S/C13H22O8/c1-7(14)19-6-9-10(16-3)11(17-4)12(18-5)13(21-9)20-8(2)15/h9-13H,6H2,1-5H3/t9-,10-,11+,12-,13?/m1/s1. The third-order valence-electron chi connectivity index (χ3n) is 3.14. The fourth-order valence-electron chi connectivity index (χ4n) is 2.27. The summed E-state index contributed by atoms with van der Waals surface area (Å²) < 4.78 is 31.7. The number of methoxy groups -OCH3 is 3. The van der Waals surface area contributed by atoms with Gasteiger partial charge in [-0.1, -0.05) is 0 Å². The zero-order valence-electron chi connectivity index (χ0n) is 12.9. The van der Waals surface area contributed by atoms with Gasteiger partial charge in [0, 0.05) is 35.2 Å². The van der Waals surface area contributed by atoms with Crippen LogP contribution in [-0.4, -0.2) is 70.6 Å². The molecule has 0 aromatic heterocycles. The van der Waals surface area contributed by atoms with Crippen molar-refractivity contribution in [3.05, 3.63) is 0 Å². The Morgan fingerprint density at radius 2 is 1.48 bits per heavy atom. The molecule has 1 unspecified atom stereocenters. The second kappa shape index (κ2) is 8.28. The molecular formula is C13H22O8. The second-order valence-corrected chi connectivity index (χ2v) is 4.56. The molecule has 1 aliphatic rings. The second-order valence-electron chi connectivity index (χ2n) is 4.56. The van der Waals surface area contributed by atoms with Crippen molar-refractivity contribution >= 4 is 11.9 Å². The van der Waals surface area contributed by atoms with Crippen LogP contribution >= 0.6 is 0 Å². The van der Waals surface area contributed by atoms with E-state index in [2.05, 4.69) is 0 Å². The zero-order chi connectivity index (χ0) is 16.0. The van der Waals surface area contributed by atoms with E-state index in [4.69, 9.17) is 28.4 Å². The van der Waals surface area contributed by atoms with Crippen molar-refractivity contribution in [2.75, 3.05) is 27.9 Å². The van der Waals surface area contributed by atoms with Gasteiger partial charge in [-0.3, -0.25) is 9.59 Å². The van der Waals surface area contributed by atoms with Crippen molar-refractivity contribution in [1.82, 2.24) is 0 Å². The summed E-state index contributed by atoms with van der Waals surface area (Å²) in [5, 5.41) is 0. The third-order valence-corrected chi connectivity index (χ3v) is 3.14. The highest BCUT2D eigenvalue weighted by Crippen LogP contribution is 2.28. The average Bonchev–Trinajstić information content (AvgIpc) is 2.43. The van der Waals surface area contributed by atoms with E-state index in [9.17, 15) is 9.59 Å². The van der Waals surface area contributed by atoms with E-state index in [1.54, 1.807) is 0 Å². The van der Waals surface area contributed by atoms with Gasteiger partial charge in [-0.2, -0.15) is 0 Å². The van der Waals surface area contributed by atoms with E-state index in [-0.39, 0.29) is 6.61 Å². The molecule has 8 nitrogen and oxygen atoms in total. The Morgan fingerprint density at radius 3 is 1.90 bits per heavy atom. The Balaban J connectivity index is 2.91. The van der Waals surface area contributed by atoms with Gasteiger partial charge in [0.2, 0.25) is 6.29 Å². The smallest absolute Gasteiger partial charge is 0.305 e. The van der Waals surface area contributed by atoms with Crippen LogP contribution in [-0.2, 0) is 38.0 Å². The van der Waals surface area contributed by atoms with Crippen LogP contribution < -0.4 is 0 Å². The van der Waals surface area contributed by atoms with Gasteiger partial charge in [0.05, 0.1) is 0 Å². The van der Waals surface area contributed by atoms with Crippen molar-refractivity contribution in [3.8, 4) is 0 Å². The summed E-state index contributed by atoms with van der Waals surface area (Å²) in [6, 6.07) is 0. The highest BCUT2D eigenvalue weighted by Gasteiger charge is 2.48. The minimum atomic E-state index is -0.968. The molecule has 1 aliphatic heterocycles. The van der Waals surface area contributed by atoms with E-state index in [0.717, 1.165) is 0 Å². The molecule has 0 aromatic rings. The van der Waals surface area contributed by atoms with Gasteiger partial charge in [-0.25, -0.2) is 0 Å². The van der Waals surface area contributed by atoms with E-state index in [1.165, 1.54) is 35.2 Å². The molecule has 0 saturated carbocycles. The molecule has 122 valence electrons. The van der Waals surface area contributed by atoms with Gasteiger partial charge in [0.15, 0.2) is 0 Å². The number of hydrogen-bond acceptors (Lipinski definition) is 8. The topological polar surface area (TPSA) is 89.5 Å². The van der Waals surface area contributed by atoms with E-state index < -0.39 is 42.6 Å². The summed E-state index contributed by atoms with van der Waals surface area (Å²) in [7, 11) is 4.43. The minimum absolute atomic E-state index is 0.0398. The molecule has 0 radical (unpaired) electrons. The van der Waals surface area contributed by atoms with Crippen LogP contribution in [0.25, 0.3) is 0 Å². The predicted octanol–water partition coefficient (Wildman–Crippen LogP) is -0.117. The molecule has 5 atom stereocenters. The molecule has 1 fully saturated rings. The summed E-state index contributed by atoms with van der Waals surface area (Å²) in [5.41, 5.74) is 0. The van der Waals surface area contributed by atoms with Crippen LogP contribution in [0.4, 0.5) is 0 Å². The maximum Gasteiger partial charge on any atom is 0.305 e. The lowest BCUT2D eigenvalue weighted by Crippen LogP contribution is -2.61. The summed E-state index contributed by atoms with van der Waals surface area (Å²) >= 11 is 0. The van der Waals surface area contributed by atoms with Crippen LogP contribution in [0.15, 0.2) is 0 Å². The number of esters is 2. The maximum atomic E-state index is 11.2. The van der Waals surface area contributed by atoms with Gasteiger partial charge in [-0.15, -0.1) is 0 Å². The molecule has 1 rings (SSSR count). The molecule has 0 spiro atoms. The fraction of sp³-hybridized carbons (Fsp3) is 0.846. The van der Waals surface area contributed by atoms with Gasteiger partial charge in [0.1, 0.15) is 31.0 Å². The number of carbonyl (C=O) groups is 2. The van der Waals surface area contributed by atoms with Gasteiger partial charge < -0.3 is 28.4 Å². The monoisotopic (exact) mass is 306 g/mol. The van der Waals surface area contributed by atoms with Gasteiger partial charge in [0.25, 0.3) is 0 Å². The highest BCUT2D eigenvalue weighted by atomic mass is 16.7. The van der Waals surface area contributed by atoms with Gasteiger partial charge in [-0.05, 0) is 0 Å². The Bertz CT molecular complexity index is 358. The first-order valence-corrected chi connectivity index (χ1v) is 6.49. The maximum absolute atomic E-state index is 11.2. The number of carbonyl (C=O) groups excluding carboxylic acids is 2. The average molecular weight is 306 g/mol. The lowest BCUT2D eigenvalue weighted by atomic mass is 9.98. The third kappa shape index (κ3) is 4.63. The molecule has 1 heterocycles. The Labute approximate surface area is 123 Å². The highest BCUT2D eigenvalue weighted by molar-refractivity contribution is 5.66. The normalized spacial score (nSPS) is 32.5. The number of rotatable bonds is 6. The van der Waals surface area contributed by atoms with Crippen LogP contribution in [0.3, 0.4) is 0 Å². The minimum Gasteiger partial charge on any atom is -0.463 e. The van der Waals surface area contributed by atoms with E-state index >= 15 is 0 Å². The summed E-state index contributed by atoms with van der Waals surface area (Å²) in [5.74, 6) is -0.959. The van der Waals surface area contributed by atoms with Crippen molar-refractivity contribution in [3.63, 3.8) is 0 Å². The van der Waals surface area contributed by atoms with Crippen LogP contribution in [0, 0.1) is 0 Å². The van der Waals surface area contributed by atoms with Crippen molar-refractivity contribution in [1.29, 1.82) is 0 Å².